The molecule has 1 saturated heterocycles. The molecule has 2 atom stereocenters. The minimum absolute atomic E-state index is 0.0703. The number of nitrogens with one attached hydrogen (secondary N) is 1. The molecule has 2 aromatic rings. The number of thioether (sulfide) groups is 1. The molecule has 1 heterocycles. The van der Waals surface area contributed by atoms with E-state index < -0.39 is 12.0 Å². The van der Waals surface area contributed by atoms with E-state index in [-0.39, 0.29) is 5.37 Å². The minimum Gasteiger partial charge on any atom is -0.480 e. The molecular weight excluding hydrogens is 270 g/mol. The van der Waals surface area contributed by atoms with Crippen LogP contribution in [-0.2, 0) is 4.79 Å². The van der Waals surface area contributed by atoms with Crippen molar-refractivity contribution >= 4 is 17.7 Å². The molecule has 1 fully saturated rings. The zero-order chi connectivity index (χ0) is 13.9. The van der Waals surface area contributed by atoms with E-state index in [1.54, 1.807) is 11.8 Å². The van der Waals surface area contributed by atoms with Crippen molar-refractivity contribution in [3.05, 3.63) is 60.2 Å². The van der Waals surface area contributed by atoms with Crippen molar-refractivity contribution in [2.24, 2.45) is 0 Å². The molecule has 1 aliphatic rings. The summed E-state index contributed by atoms with van der Waals surface area (Å²) in [5.74, 6) is -0.165. The molecule has 0 saturated carbocycles. The first kappa shape index (κ1) is 13.2. The van der Waals surface area contributed by atoms with Gasteiger partial charge in [-0.1, -0.05) is 54.6 Å². The van der Waals surface area contributed by atoms with Crippen LogP contribution in [-0.4, -0.2) is 22.9 Å². The standard InChI is InChI=1S/C16H15NO2S/c18-16(19)14-10-20-15(17-14)13-8-6-12(7-9-13)11-4-2-1-3-5-11/h1-9,14-15,17H,10H2,(H,18,19)/t14-,15?/m0/s1. The van der Waals surface area contributed by atoms with E-state index in [1.807, 2.05) is 18.2 Å². The van der Waals surface area contributed by atoms with Crippen LogP contribution in [0.1, 0.15) is 10.9 Å². The Bertz CT molecular complexity index is 598. The molecule has 0 radical (unpaired) electrons. The zero-order valence-electron chi connectivity index (χ0n) is 10.8. The van der Waals surface area contributed by atoms with Gasteiger partial charge in [0.05, 0.1) is 5.37 Å². The van der Waals surface area contributed by atoms with Gasteiger partial charge in [-0.25, -0.2) is 0 Å². The first-order valence-corrected chi connectivity index (χ1v) is 7.55. The SMILES string of the molecule is O=C(O)[C@@H]1CSC(c2ccc(-c3ccccc3)cc2)N1. The van der Waals surface area contributed by atoms with E-state index in [2.05, 4.69) is 41.7 Å². The van der Waals surface area contributed by atoms with Crippen molar-refractivity contribution < 1.29 is 9.90 Å². The largest absolute Gasteiger partial charge is 0.480 e. The van der Waals surface area contributed by atoms with Gasteiger partial charge in [-0.05, 0) is 16.7 Å². The van der Waals surface area contributed by atoms with Gasteiger partial charge in [-0.3, -0.25) is 10.1 Å². The zero-order valence-corrected chi connectivity index (χ0v) is 11.6. The van der Waals surface area contributed by atoms with Crippen molar-refractivity contribution in [2.45, 2.75) is 11.4 Å². The molecule has 102 valence electrons. The third kappa shape index (κ3) is 2.71. The molecule has 0 amide bonds. The van der Waals surface area contributed by atoms with Crippen molar-refractivity contribution in [1.82, 2.24) is 5.32 Å². The van der Waals surface area contributed by atoms with Gasteiger partial charge < -0.3 is 5.11 Å². The van der Waals surface area contributed by atoms with Crippen molar-refractivity contribution in [2.75, 3.05) is 5.75 Å². The molecule has 0 aromatic heterocycles. The van der Waals surface area contributed by atoms with Crippen LogP contribution in [0.3, 0.4) is 0 Å². The van der Waals surface area contributed by atoms with E-state index in [0.717, 1.165) is 5.56 Å². The van der Waals surface area contributed by atoms with E-state index in [1.165, 1.54) is 11.1 Å². The first-order valence-electron chi connectivity index (χ1n) is 6.50. The summed E-state index contributed by atoms with van der Waals surface area (Å²) in [5, 5.41) is 12.2. The summed E-state index contributed by atoms with van der Waals surface area (Å²) in [7, 11) is 0. The second kappa shape index (κ2) is 5.69. The molecule has 1 aliphatic heterocycles. The second-order valence-corrected chi connectivity index (χ2v) is 5.90. The van der Waals surface area contributed by atoms with Crippen LogP contribution in [0.4, 0.5) is 0 Å². The molecule has 0 spiro atoms. The molecule has 4 heteroatoms. The summed E-state index contributed by atoms with van der Waals surface area (Å²) in [6, 6.07) is 18.1. The quantitative estimate of drug-likeness (QED) is 0.909. The smallest absolute Gasteiger partial charge is 0.321 e. The number of benzene rings is 2. The van der Waals surface area contributed by atoms with E-state index in [4.69, 9.17) is 5.11 Å². The lowest BCUT2D eigenvalue weighted by molar-refractivity contribution is -0.138. The summed E-state index contributed by atoms with van der Waals surface area (Å²) in [5.41, 5.74) is 3.49. The van der Waals surface area contributed by atoms with Gasteiger partial charge in [0, 0.05) is 5.75 Å². The van der Waals surface area contributed by atoms with Crippen LogP contribution >= 0.6 is 11.8 Å². The normalized spacial score (nSPS) is 21.8. The maximum atomic E-state index is 10.9. The lowest BCUT2D eigenvalue weighted by atomic mass is 10.0. The number of carbonyl (C=O) groups is 1. The molecule has 1 unspecified atom stereocenters. The van der Waals surface area contributed by atoms with E-state index in [0.29, 0.717) is 5.75 Å². The molecule has 0 aliphatic carbocycles. The summed E-state index contributed by atoms with van der Waals surface area (Å²) in [4.78, 5) is 10.9. The Morgan fingerprint density at radius 3 is 2.30 bits per heavy atom. The Labute approximate surface area is 122 Å². The van der Waals surface area contributed by atoms with Crippen LogP contribution in [0, 0.1) is 0 Å². The molecule has 2 aromatic carbocycles. The Hall–Kier alpha value is -1.78. The number of carboxylic acids is 1. The predicted octanol–water partition coefficient (Wildman–Crippen LogP) is 3.14. The fraction of sp³-hybridized carbons (Fsp3) is 0.188. The topological polar surface area (TPSA) is 49.3 Å². The van der Waals surface area contributed by atoms with Crippen LogP contribution in [0.15, 0.2) is 54.6 Å². The predicted molar refractivity (Wildman–Crippen MR) is 81.6 cm³/mol. The highest BCUT2D eigenvalue weighted by Gasteiger charge is 2.30. The van der Waals surface area contributed by atoms with Gasteiger partial charge in [0.25, 0.3) is 0 Å². The fourth-order valence-electron chi connectivity index (χ4n) is 2.29. The molecular formula is C16H15NO2S. The third-order valence-corrected chi connectivity index (χ3v) is 4.67. The maximum absolute atomic E-state index is 10.9. The lowest BCUT2D eigenvalue weighted by Crippen LogP contribution is -2.33. The number of hydrogen-bond donors (Lipinski definition) is 2. The Kier molecular flexibility index (Phi) is 3.76. The van der Waals surface area contributed by atoms with Crippen molar-refractivity contribution in [3.63, 3.8) is 0 Å². The van der Waals surface area contributed by atoms with Crippen LogP contribution in [0.5, 0.6) is 0 Å². The average Bonchev–Trinajstić information content (AvgIpc) is 2.98. The minimum atomic E-state index is -0.777. The van der Waals surface area contributed by atoms with Crippen LogP contribution in [0.2, 0.25) is 0 Å². The summed E-state index contributed by atoms with van der Waals surface area (Å²) < 4.78 is 0. The average molecular weight is 285 g/mol. The third-order valence-electron chi connectivity index (χ3n) is 3.40. The van der Waals surface area contributed by atoms with Gasteiger partial charge in [0.2, 0.25) is 0 Å². The number of rotatable bonds is 3. The van der Waals surface area contributed by atoms with Gasteiger partial charge in [0.15, 0.2) is 0 Å². The van der Waals surface area contributed by atoms with Gasteiger partial charge >= 0.3 is 5.97 Å². The molecule has 0 bridgehead atoms. The molecule has 20 heavy (non-hydrogen) atoms. The van der Waals surface area contributed by atoms with Crippen LogP contribution in [0.25, 0.3) is 11.1 Å². The van der Waals surface area contributed by atoms with Crippen LogP contribution < -0.4 is 5.32 Å². The Morgan fingerprint density at radius 1 is 1.05 bits per heavy atom. The highest BCUT2D eigenvalue weighted by molar-refractivity contribution is 7.99. The van der Waals surface area contributed by atoms with Crippen molar-refractivity contribution in [1.29, 1.82) is 0 Å². The molecule has 3 nitrogen and oxygen atoms in total. The Balaban J connectivity index is 1.76. The number of carboxylic acid groups (broad SMARTS) is 1. The maximum Gasteiger partial charge on any atom is 0.321 e. The summed E-state index contributed by atoms with van der Waals surface area (Å²) >= 11 is 1.64. The highest BCUT2D eigenvalue weighted by Crippen LogP contribution is 2.33. The lowest BCUT2D eigenvalue weighted by Gasteiger charge is -2.12. The summed E-state index contributed by atoms with van der Waals surface area (Å²) in [6.45, 7) is 0. The number of aliphatic carboxylic acids is 1. The van der Waals surface area contributed by atoms with Gasteiger partial charge in [-0.2, -0.15) is 0 Å². The monoisotopic (exact) mass is 285 g/mol. The molecule has 3 rings (SSSR count). The number of hydrogen-bond acceptors (Lipinski definition) is 3. The fourth-order valence-corrected chi connectivity index (χ4v) is 3.52. The van der Waals surface area contributed by atoms with Gasteiger partial charge in [0.1, 0.15) is 6.04 Å². The van der Waals surface area contributed by atoms with E-state index in [9.17, 15) is 4.79 Å². The van der Waals surface area contributed by atoms with E-state index >= 15 is 0 Å². The van der Waals surface area contributed by atoms with Crippen molar-refractivity contribution in [3.8, 4) is 11.1 Å². The highest BCUT2D eigenvalue weighted by atomic mass is 32.2. The first-order chi connectivity index (χ1) is 9.74. The van der Waals surface area contributed by atoms with Gasteiger partial charge in [-0.15, -0.1) is 11.8 Å². The Morgan fingerprint density at radius 2 is 1.70 bits per heavy atom. The molecule has 2 N–H and O–H groups in total. The summed E-state index contributed by atoms with van der Waals surface area (Å²) in [6.07, 6.45) is 0. The second-order valence-electron chi connectivity index (χ2n) is 4.76.